The summed E-state index contributed by atoms with van der Waals surface area (Å²) < 4.78 is 0. The highest BCUT2D eigenvalue weighted by Gasteiger charge is 2.29. The normalized spacial score (nSPS) is 23.1. The van der Waals surface area contributed by atoms with Crippen molar-refractivity contribution in [3.05, 3.63) is 35.4 Å². The van der Waals surface area contributed by atoms with Crippen molar-refractivity contribution in [1.29, 1.82) is 0 Å². The van der Waals surface area contributed by atoms with E-state index in [9.17, 15) is 4.79 Å². The van der Waals surface area contributed by atoms with Crippen molar-refractivity contribution in [3.63, 3.8) is 0 Å². The van der Waals surface area contributed by atoms with Gasteiger partial charge in [0.25, 0.3) is 0 Å². The summed E-state index contributed by atoms with van der Waals surface area (Å²) in [5.74, 6) is 0.393. The summed E-state index contributed by atoms with van der Waals surface area (Å²) in [5.41, 5.74) is 2.45. The van der Waals surface area contributed by atoms with Gasteiger partial charge in [0.1, 0.15) is 0 Å². The van der Waals surface area contributed by atoms with Crippen LogP contribution in [0, 0.1) is 12.8 Å². The van der Waals surface area contributed by atoms with Gasteiger partial charge in [-0.1, -0.05) is 29.8 Å². The van der Waals surface area contributed by atoms with Crippen LogP contribution in [0.4, 0.5) is 0 Å². The van der Waals surface area contributed by atoms with E-state index in [-0.39, 0.29) is 11.8 Å². The number of piperidine rings is 1. The summed E-state index contributed by atoms with van der Waals surface area (Å²) in [5, 5.41) is 3.39. The van der Waals surface area contributed by atoms with Gasteiger partial charge in [0.05, 0.1) is 5.92 Å². The van der Waals surface area contributed by atoms with Crippen molar-refractivity contribution in [2.45, 2.75) is 39.3 Å². The average Bonchev–Trinajstić information content (AvgIpc) is 2.41. The zero-order valence-electron chi connectivity index (χ0n) is 12.1. The van der Waals surface area contributed by atoms with E-state index in [1.807, 2.05) is 11.9 Å². The van der Waals surface area contributed by atoms with Crippen molar-refractivity contribution in [2.75, 3.05) is 13.6 Å². The van der Waals surface area contributed by atoms with Gasteiger partial charge in [0.2, 0.25) is 5.91 Å². The number of benzene rings is 1. The monoisotopic (exact) mass is 260 g/mol. The minimum absolute atomic E-state index is 0.129. The number of aryl methyl sites for hydroxylation is 1. The molecule has 0 radical (unpaired) electrons. The number of nitrogens with zero attached hydrogens (tertiary/aromatic N) is 1. The first-order valence-corrected chi connectivity index (χ1v) is 7.12. The molecule has 1 aromatic carbocycles. The van der Waals surface area contributed by atoms with Crippen LogP contribution in [0.25, 0.3) is 0 Å². The number of amides is 1. The highest BCUT2D eigenvalue weighted by atomic mass is 16.2. The highest BCUT2D eigenvalue weighted by Crippen LogP contribution is 2.19. The van der Waals surface area contributed by atoms with Crippen LogP contribution in [0.3, 0.4) is 0 Å². The van der Waals surface area contributed by atoms with E-state index in [1.165, 1.54) is 11.1 Å². The first kappa shape index (κ1) is 14.1. The maximum atomic E-state index is 12.5. The molecule has 3 nitrogen and oxygen atoms in total. The van der Waals surface area contributed by atoms with Gasteiger partial charge >= 0.3 is 0 Å². The Labute approximate surface area is 116 Å². The lowest BCUT2D eigenvalue weighted by atomic mass is 9.90. The number of carbonyl (C=O) groups is 1. The summed E-state index contributed by atoms with van der Waals surface area (Å²) in [4.78, 5) is 14.3. The fourth-order valence-corrected chi connectivity index (χ4v) is 2.71. The second kappa shape index (κ2) is 6.20. The second-order valence-corrected chi connectivity index (χ2v) is 5.67. The van der Waals surface area contributed by atoms with Gasteiger partial charge in [-0.2, -0.15) is 0 Å². The quantitative estimate of drug-likeness (QED) is 0.904. The molecule has 2 unspecified atom stereocenters. The molecule has 1 amide bonds. The highest BCUT2D eigenvalue weighted by molar-refractivity contribution is 5.79. The molecule has 3 heteroatoms. The third-order valence-electron chi connectivity index (χ3n) is 4.00. The predicted molar refractivity (Wildman–Crippen MR) is 77.8 cm³/mol. The zero-order chi connectivity index (χ0) is 13.8. The standard InChI is InChI=1S/C16H24N2O/c1-12-6-8-14(9-7-12)11-18(3)16(19)15-5-4-10-17-13(15)2/h6-9,13,15,17H,4-5,10-11H2,1-3H3. The van der Waals surface area contributed by atoms with Gasteiger partial charge in [-0.05, 0) is 38.8 Å². The van der Waals surface area contributed by atoms with Crippen LogP contribution < -0.4 is 5.32 Å². The van der Waals surface area contributed by atoms with Crippen molar-refractivity contribution in [1.82, 2.24) is 10.2 Å². The third-order valence-corrected chi connectivity index (χ3v) is 4.00. The molecule has 1 heterocycles. The molecule has 104 valence electrons. The molecule has 19 heavy (non-hydrogen) atoms. The van der Waals surface area contributed by atoms with Gasteiger partial charge in [0, 0.05) is 19.6 Å². The minimum atomic E-state index is 0.129. The Hall–Kier alpha value is -1.35. The molecule has 1 saturated heterocycles. The maximum absolute atomic E-state index is 12.5. The molecule has 2 atom stereocenters. The van der Waals surface area contributed by atoms with Gasteiger partial charge in [-0.3, -0.25) is 4.79 Å². The lowest BCUT2D eigenvalue weighted by molar-refractivity contribution is -0.136. The Morgan fingerprint density at radius 1 is 1.37 bits per heavy atom. The first-order chi connectivity index (χ1) is 9.08. The molecular formula is C16H24N2O. The van der Waals surface area contributed by atoms with E-state index in [2.05, 4.69) is 43.4 Å². The second-order valence-electron chi connectivity index (χ2n) is 5.67. The SMILES string of the molecule is Cc1ccc(CN(C)C(=O)C2CCCNC2C)cc1. The molecule has 1 N–H and O–H groups in total. The topological polar surface area (TPSA) is 32.3 Å². The summed E-state index contributed by atoms with van der Waals surface area (Å²) in [6.45, 7) is 5.92. The molecule has 1 aliphatic heterocycles. The molecule has 0 spiro atoms. The van der Waals surface area contributed by atoms with Gasteiger partial charge < -0.3 is 10.2 Å². The molecule has 2 rings (SSSR count). The Kier molecular flexibility index (Phi) is 4.59. The number of nitrogens with one attached hydrogen (secondary N) is 1. The largest absolute Gasteiger partial charge is 0.341 e. The van der Waals surface area contributed by atoms with Crippen LogP contribution in [0.5, 0.6) is 0 Å². The number of hydrogen-bond donors (Lipinski definition) is 1. The fraction of sp³-hybridized carbons (Fsp3) is 0.562. The van der Waals surface area contributed by atoms with Crippen molar-refractivity contribution >= 4 is 5.91 Å². The van der Waals surface area contributed by atoms with Crippen LogP contribution in [0.15, 0.2) is 24.3 Å². The lowest BCUT2D eigenvalue weighted by Crippen LogP contribution is -2.47. The summed E-state index contributed by atoms with van der Waals surface area (Å²) in [6.07, 6.45) is 2.10. The molecule has 0 aromatic heterocycles. The predicted octanol–water partition coefficient (Wildman–Crippen LogP) is 2.34. The van der Waals surface area contributed by atoms with Crippen molar-refractivity contribution < 1.29 is 4.79 Å². The third kappa shape index (κ3) is 3.57. The Balaban J connectivity index is 1.96. The smallest absolute Gasteiger partial charge is 0.227 e. The molecule has 0 saturated carbocycles. The van der Waals surface area contributed by atoms with Crippen molar-refractivity contribution in [2.24, 2.45) is 5.92 Å². The average molecular weight is 260 g/mol. The van der Waals surface area contributed by atoms with Crippen LogP contribution >= 0.6 is 0 Å². The summed E-state index contributed by atoms with van der Waals surface area (Å²) >= 11 is 0. The Morgan fingerprint density at radius 2 is 2.05 bits per heavy atom. The molecule has 1 aromatic rings. The van der Waals surface area contributed by atoms with Crippen LogP contribution in [0.2, 0.25) is 0 Å². The molecule has 1 aliphatic rings. The Morgan fingerprint density at radius 3 is 2.68 bits per heavy atom. The van der Waals surface area contributed by atoms with Gasteiger partial charge in [0.15, 0.2) is 0 Å². The van der Waals surface area contributed by atoms with Gasteiger partial charge in [-0.25, -0.2) is 0 Å². The molecule has 1 fully saturated rings. The lowest BCUT2D eigenvalue weighted by Gasteiger charge is -2.32. The van der Waals surface area contributed by atoms with E-state index in [0.717, 1.165) is 19.4 Å². The minimum Gasteiger partial charge on any atom is -0.341 e. The van der Waals surface area contributed by atoms with E-state index in [0.29, 0.717) is 12.6 Å². The fourth-order valence-electron chi connectivity index (χ4n) is 2.71. The van der Waals surface area contributed by atoms with Gasteiger partial charge in [-0.15, -0.1) is 0 Å². The number of hydrogen-bond acceptors (Lipinski definition) is 2. The molecule has 0 aliphatic carbocycles. The van der Waals surface area contributed by atoms with Crippen LogP contribution in [-0.2, 0) is 11.3 Å². The van der Waals surface area contributed by atoms with E-state index >= 15 is 0 Å². The Bertz CT molecular complexity index is 427. The number of rotatable bonds is 3. The van der Waals surface area contributed by atoms with E-state index < -0.39 is 0 Å². The van der Waals surface area contributed by atoms with Crippen molar-refractivity contribution in [3.8, 4) is 0 Å². The molecule has 0 bridgehead atoms. The molecular weight excluding hydrogens is 236 g/mol. The summed E-state index contributed by atoms with van der Waals surface area (Å²) in [6, 6.07) is 8.68. The van der Waals surface area contributed by atoms with Crippen LogP contribution in [0.1, 0.15) is 30.9 Å². The zero-order valence-corrected chi connectivity index (χ0v) is 12.1. The van der Waals surface area contributed by atoms with E-state index in [1.54, 1.807) is 0 Å². The van der Waals surface area contributed by atoms with E-state index in [4.69, 9.17) is 0 Å². The summed E-state index contributed by atoms with van der Waals surface area (Å²) in [7, 11) is 1.91. The number of carbonyl (C=O) groups excluding carboxylic acids is 1. The maximum Gasteiger partial charge on any atom is 0.227 e. The van der Waals surface area contributed by atoms with Crippen LogP contribution in [-0.4, -0.2) is 30.4 Å². The first-order valence-electron chi connectivity index (χ1n) is 7.12.